The number of allylic oxidation sites excluding steroid dienone is 1. The van der Waals surface area contributed by atoms with E-state index in [0.717, 1.165) is 17.7 Å². The number of benzene rings is 1. The zero-order chi connectivity index (χ0) is 23.9. The van der Waals surface area contributed by atoms with Crippen molar-refractivity contribution in [3.63, 3.8) is 0 Å². The van der Waals surface area contributed by atoms with Crippen LogP contribution in [0.25, 0.3) is 0 Å². The van der Waals surface area contributed by atoms with Gasteiger partial charge in [0.2, 0.25) is 0 Å². The summed E-state index contributed by atoms with van der Waals surface area (Å²) in [6, 6.07) is 5.00. The number of aliphatic carboxylic acids is 1. The van der Waals surface area contributed by atoms with Gasteiger partial charge in [-0.1, -0.05) is 36.4 Å². The molecule has 1 unspecified atom stereocenters. The molecule has 1 aromatic carbocycles. The number of carboxylic acid groups (broad SMARTS) is 1. The maximum absolute atomic E-state index is 12.8. The van der Waals surface area contributed by atoms with Crippen LogP contribution in [0.4, 0.5) is 13.2 Å². The standard InChI is InChI=1S/C23H28F3NO5/c1-22(2,32-18-9-7-16(8-10-18)14-19(31-3)20(28)29)21(30)27-12-11-15-5-4-6-17(13-15)23(24,25)26/h4-9,13,18-19H,10-12,14H2,1-3H3,(H,27,30)(H,28,29)/t18?,19-/m0/s1. The van der Waals surface area contributed by atoms with Crippen LogP contribution < -0.4 is 5.32 Å². The zero-order valence-electron chi connectivity index (χ0n) is 18.2. The minimum Gasteiger partial charge on any atom is -0.479 e. The van der Waals surface area contributed by atoms with E-state index in [-0.39, 0.29) is 31.4 Å². The zero-order valence-corrected chi connectivity index (χ0v) is 18.2. The number of nitrogens with one attached hydrogen (secondary N) is 1. The van der Waals surface area contributed by atoms with E-state index in [1.165, 1.54) is 13.2 Å². The van der Waals surface area contributed by atoms with Crippen molar-refractivity contribution in [3.05, 3.63) is 59.2 Å². The van der Waals surface area contributed by atoms with E-state index in [1.807, 2.05) is 6.08 Å². The number of rotatable bonds is 10. The average molecular weight is 455 g/mol. The molecule has 0 spiro atoms. The van der Waals surface area contributed by atoms with Crippen LogP contribution in [0.15, 0.2) is 48.1 Å². The molecule has 1 amide bonds. The van der Waals surface area contributed by atoms with Gasteiger partial charge in [-0.3, -0.25) is 4.79 Å². The first-order valence-electron chi connectivity index (χ1n) is 10.2. The highest BCUT2D eigenvalue weighted by molar-refractivity contribution is 5.84. The molecule has 1 aliphatic carbocycles. The minimum absolute atomic E-state index is 0.172. The van der Waals surface area contributed by atoms with Crippen molar-refractivity contribution in [2.45, 2.75) is 57.1 Å². The van der Waals surface area contributed by atoms with Crippen molar-refractivity contribution in [3.8, 4) is 0 Å². The SMILES string of the molecule is CO[C@@H](CC1=CCC(OC(C)(C)C(=O)NCCc2cccc(C(F)(F)F)c2)C=C1)C(=O)O. The summed E-state index contributed by atoms with van der Waals surface area (Å²) in [5, 5.41) is 11.8. The summed E-state index contributed by atoms with van der Waals surface area (Å²) >= 11 is 0. The first kappa shape index (κ1) is 25.6. The second-order valence-electron chi connectivity index (χ2n) is 8.01. The summed E-state index contributed by atoms with van der Waals surface area (Å²) in [6.45, 7) is 3.40. The Morgan fingerprint density at radius 1 is 1.28 bits per heavy atom. The molecule has 6 nitrogen and oxygen atoms in total. The van der Waals surface area contributed by atoms with Gasteiger partial charge in [0.15, 0.2) is 6.10 Å². The molecule has 0 aromatic heterocycles. The lowest BCUT2D eigenvalue weighted by atomic mass is 9.99. The van der Waals surface area contributed by atoms with Crippen molar-refractivity contribution in [1.29, 1.82) is 0 Å². The second-order valence-corrected chi connectivity index (χ2v) is 8.01. The number of ether oxygens (including phenoxy) is 2. The quantitative estimate of drug-likeness (QED) is 0.559. The Morgan fingerprint density at radius 3 is 2.56 bits per heavy atom. The summed E-state index contributed by atoms with van der Waals surface area (Å²) in [5.41, 5.74) is -0.601. The topological polar surface area (TPSA) is 84.9 Å². The molecule has 1 aliphatic rings. The van der Waals surface area contributed by atoms with Crippen LogP contribution in [-0.4, -0.2) is 48.4 Å². The normalized spacial score (nSPS) is 17.6. The summed E-state index contributed by atoms with van der Waals surface area (Å²) in [6.07, 6.45) is 0.627. The third-order valence-corrected chi connectivity index (χ3v) is 5.06. The first-order valence-corrected chi connectivity index (χ1v) is 10.2. The predicted molar refractivity (Wildman–Crippen MR) is 112 cm³/mol. The summed E-state index contributed by atoms with van der Waals surface area (Å²) in [4.78, 5) is 23.6. The molecule has 2 N–H and O–H groups in total. The third-order valence-electron chi connectivity index (χ3n) is 5.06. The first-order chi connectivity index (χ1) is 14.9. The van der Waals surface area contributed by atoms with E-state index in [0.29, 0.717) is 12.0 Å². The number of carboxylic acids is 1. The number of carbonyl (C=O) groups is 2. The Kier molecular flexibility index (Phi) is 8.63. The maximum Gasteiger partial charge on any atom is 0.416 e. The highest BCUT2D eigenvalue weighted by Crippen LogP contribution is 2.29. The fourth-order valence-electron chi connectivity index (χ4n) is 3.24. The number of halogens is 3. The predicted octanol–water partition coefficient (Wildman–Crippen LogP) is 3.90. The van der Waals surface area contributed by atoms with Gasteiger partial charge in [-0.25, -0.2) is 4.79 Å². The van der Waals surface area contributed by atoms with Crippen molar-refractivity contribution >= 4 is 11.9 Å². The Bertz CT molecular complexity index is 877. The van der Waals surface area contributed by atoms with Gasteiger partial charge in [0.1, 0.15) is 5.60 Å². The summed E-state index contributed by atoms with van der Waals surface area (Å²) in [7, 11) is 1.34. The molecule has 9 heteroatoms. The Hall–Kier alpha value is -2.65. The fourth-order valence-corrected chi connectivity index (χ4v) is 3.24. The monoisotopic (exact) mass is 455 g/mol. The molecule has 0 bridgehead atoms. The summed E-state index contributed by atoms with van der Waals surface area (Å²) in [5.74, 6) is -1.42. The van der Waals surface area contributed by atoms with Gasteiger partial charge in [0, 0.05) is 20.1 Å². The van der Waals surface area contributed by atoms with E-state index in [9.17, 15) is 22.8 Å². The molecule has 0 radical (unpaired) electrons. The molecule has 0 heterocycles. The molecular formula is C23H28F3NO5. The van der Waals surface area contributed by atoms with Crippen LogP contribution in [0.5, 0.6) is 0 Å². The van der Waals surface area contributed by atoms with Crippen LogP contribution in [0.3, 0.4) is 0 Å². The van der Waals surface area contributed by atoms with Crippen molar-refractivity contribution in [2.75, 3.05) is 13.7 Å². The van der Waals surface area contributed by atoms with Gasteiger partial charge in [-0.2, -0.15) is 13.2 Å². The Morgan fingerprint density at radius 2 is 2.00 bits per heavy atom. The van der Waals surface area contributed by atoms with Crippen LogP contribution in [0.2, 0.25) is 0 Å². The Balaban J connectivity index is 1.83. The molecule has 2 rings (SSSR count). The van der Waals surface area contributed by atoms with Crippen LogP contribution >= 0.6 is 0 Å². The number of alkyl halides is 3. The highest BCUT2D eigenvalue weighted by atomic mass is 19.4. The van der Waals surface area contributed by atoms with Gasteiger partial charge in [0.25, 0.3) is 5.91 Å². The fraction of sp³-hybridized carbons (Fsp3) is 0.478. The van der Waals surface area contributed by atoms with E-state index in [4.69, 9.17) is 14.6 Å². The smallest absolute Gasteiger partial charge is 0.416 e. The lowest BCUT2D eigenvalue weighted by molar-refractivity contribution is -0.148. The van der Waals surface area contributed by atoms with Crippen molar-refractivity contribution in [1.82, 2.24) is 5.32 Å². The van der Waals surface area contributed by atoms with E-state index >= 15 is 0 Å². The molecule has 1 aromatic rings. The lowest BCUT2D eigenvalue weighted by Crippen LogP contribution is -2.46. The van der Waals surface area contributed by atoms with E-state index in [2.05, 4.69) is 5.32 Å². The summed E-state index contributed by atoms with van der Waals surface area (Å²) < 4.78 is 49.3. The van der Waals surface area contributed by atoms with Crippen LogP contribution in [0.1, 0.15) is 37.8 Å². The number of carbonyl (C=O) groups excluding carboxylic acids is 1. The van der Waals surface area contributed by atoms with E-state index < -0.39 is 29.4 Å². The Labute approximate surface area is 185 Å². The van der Waals surface area contributed by atoms with Gasteiger partial charge in [0.05, 0.1) is 11.7 Å². The van der Waals surface area contributed by atoms with Crippen molar-refractivity contribution < 1.29 is 37.3 Å². The largest absolute Gasteiger partial charge is 0.479 e. The number of amides is 1. The van der Waals surface area contributed by atoms with E-state index in [1.54, 1.807) is 32.1 Å². The molecular weight excluding hydrogens is 427 g/mol. The molecule has 0 saturated heterocycles. The average Bonchev–Trinajstić information content (AvgIpc) is 2.72. The molecule has 0 saturated carbocycles. The second kappa shape index (κ2) is 10.8. The van der Waals surface area contributed by atoms with Crippen LogP contribution in [0, 0.1) is 0 Å². The molecule has 0 aliphatic heterocycles. The minimum atomic E-state index is -4.41. The molecule has 32 heavy (non-hydrogen) atoms. The highest BCUT2D eigenvalue weighted by Gasteiger charge is 2.32. The lowest BCUT2D eigenvalue weighted by Gasteiger charge is -2.29. The number of hydrogen-bond acceptors (Lipinski definition) is 4. The van der Waals surface area contributed by atoms with Gasteiger partial charge in [-0.15, -0.1) is 0 Å². The molecule has 2 atom stereocenters. The van der Waals surface area contributed by atoms with Crippen LogP contribution in [-0.2, 0) is 31.7 Å². The maximum atomic E-state index is 12.8. The molecule has 0 fully saturated rings. The van der Waals surface area contributed by atoms with Crippen molar-refractivity contribution in [2.24, 2.45) is 0 Å². The van der Waals surface area contributed by atoms with Gasteiger partial charge in [-0.05, 0) is 43.9 Å². The number of methoxy groups -OCH3 is 1. The number of hydrogen-bond donors (Lipinski definition) is 2. The third kappa shape index (κ3) is 7.49. The molecule has 176 valence electrons. The van der Waals surface area contributed by atoms with Gasteiger partial charge < -0.3 is 19.9 Å². The van der Waals surface area contributed by atoms with Gasteiger partial charge >= 0.3 is 12.1 Å².